The van der Waals surface area contributed by atoms with Gasteiger partial charge in [0.05, 0.1) is 11.9 Å². The van der Waals surface area contributed by atoms with Crippen molar-refractivity contribution in [3.63, 3.8) is 0 Å². The molecule has 0 saturated carbocycles. The maximum absolute atomic E-state index is 12.5. The minimum Gasteiger partial charge on any atom is -0.322 e. The number of aromatic amines is 1. The summed E-state index contributed by atoms with van der Waals surface area (Å²) in [5, 5.41) is 13.7. The van der Waals surface area contributed by atoms with Crippen molar-refractivity contribution >= 4 is 34.3 Å². The molecule has 3 N–H and O–H groups in total. The number of anilines is 2. The van der Waals surface area contributed by atoms with E-state index in [1.54, 1.807) is 0 Å². The zero-order valence-electron chi connectivity index (χ0n) is 16.3. The van der Waals surface area contributed by atoms with Crippen molar-refractivity contribution in [3.05, 3.63) is 54.1 Å². The lowest BCUT2D eigenvalue weighted by Crippen LogP contribution is -2.48. The van der Waals surface area contributed by atoms with Crippen LogP contribution >= 0.6 is 0 Å². The van der Waals surface area contributed by atoms with Gasteiger partial charge >= 0.3 is 6.03 Å². The molecule has 3 amide bonds. The number of H-pyrrole nitrogens is 1. The van der Waals surface area contributed by atoms with Gasteiger partial charge in [0.25, 0.3) is 0 Å². The van der Waals surface area contributed by atoms with Crippen molar-refractivity contribution in [3.8, 4) is 0 Å². The lowest BCUT2D eigenvalue weighted by Gasteiger charge is -2.32. The number of nitrogens with zero attached hydrogens (tertiary/aromatic N) is 3. The van der Waals surface area contributed by atoms with E-state index < -0.39 is 0 Å². The Hall–Kier alpha value is -3.39. The smallest absolute Gasteiger partial charge is 0.321 e. The molecular formula is C21H24N6O2. The largest absolute Gasteiger partial charge is 0.322 e. The number of rotatable bonds is 4. The Morgan fingerprint density at radius 2 is 1.79 bits per heavy atom. The first-order valence-electron chi connectivity index (χ1n) is 9.65. The highest BCUT2D eigenvalue weighted by Gasteiger charge is 2.19. The topological polar surface area (TPSA) is 93.4 Å². The third-order valence-corrected chi connectivity index (χ3v) is 5.07. The number of hydrogen-bond acceptors (Lipinski definition) is 4. The van der Waals surface area contributed by atoms with Crippen molar-refractivity contribution in [2.45, 2.75) is 6.42 Å². The van der Waals surface area contributed by atoms with Gasteiger partial charge in [-0.3, -0.25) is 9.89 Å². The van der Waals surface area contributed by atoms with Crippen LogP contribution in [-0.4, -0.2) is 65.2 Å². The van der Waals surface area contributed by atoms with Crippen molar-refractivity contribution in [1.82, 2.24) is 20.0 Å². The average Bonchev–Trinajstić information content (AvgIpc) is 3.11. The maximum atomic E-state index is 12.5. The number of piperazine rings is 1. The number of urea groups is 1. The van der Waals surface area contributed by atoms with Crippen molar-refractivity contribution in [1.29, 1.82) is 0 Å². The minimum atomic E-state index is -0.142. The van der Waals surface area contributed by atoms with E-state index in [1.807, 2.05) is 53.4 Å². The summed E-state index contributed by atoms with van der Waals surface area (Å²) in [4.78, 5) is 28.9. The molecular weight excluding hydrogens is 368 g/mol. The maximum Gasteiger partial charge on any atom is 0.321 e. The molecule has 1 saturated heterocycles. The van der Waals surface area contributed by atoms with Crippen molar-refractivity contribution < 1.29 is 9.59 Å². The van der Waals surface area contributed by atoms with E-state index in [0.29, 0.717) is 24.6 Å². The molecule has 2 heterocycles. The summed E-state index contributed by atoms with van der Waals surface area (Å²) in [5.41, 5.74) is 2.39. The van der Waals surface area contributed by atoms with E-state index in [0.717, 1.165) is 29.6 Å². The molecule has 2 aromatic carbocycles. The summed E-state index contributed by atoms with van der Waals surface area (Å²) < 4.78 is 0. The van der Waals surface area contributed by atoms with E-state index in [1.165, 1.54) is 0 Å². The first-order valence-corrected chi connectivity index (χ1v) is 9.65. The van der Waals surface area contributed by atoms with Crippen LogP contribution in [0.1, 0.15) is 5.56 Å². The first-order chi connectivity index (χ1) is 14.1. The van der Waals surface area contributed by atoms with Crippen LogP contribution in [0.4, 0.5) is 16.3 Å². The number of aromatic nitrogens is 2. The average molecular weight is 392 g/mol. The molecule has 4 rings (SSSR count). The summed E-state index contributed by atoms with van der Waals surface area (Å²) in [6.45, 7) is 3.14. The molecule has 29 heavy (non-hydrogen) atoms. The molecule has 0 unspecified atom stereocenters. The van der Waals surface area contributed by atoms with Gasteiger partial charge in [-0.25, -0.2) is 4.79 Å². The van der Waals surface area contributed by atoms with Crippen LogP contribution < -0.4 is 10.6 Å². The molecule has 1 aromatic heterocycles. The molecule has 150 valence electrons. The van der Waals surface area contributed by atoms with E-state index in [-0.39, 0.29) is 18.4 Å². The van der Waals surface area contributed by atoms with Crippen LogP contribution in [0.25, 0.3) is 10.9 Å². The Kier molecular flexibility index (Phi) is 5.44. The molecule has 1 aliphatic heterocycles. The van der Waals surface area contributed by atoms with E-state index in [9.17, 15) is 9.59 Å². The van der Waals surface area contributed by atoms with Gasteiger partial charge in [0.15, 0.2) is 5.82 Å². The Labute approximate surface area is 168 Å². The second-order valence-corrected chi connectivity index (χ2v) is 7.26. The molecule has 0 bridgehead atoms. The lowest BCUT2D eigenvalue weighted by atomic mass is 10.1. The van der Waals surface area contributed by atoms with Crippen LogP contribution in [0.5, 0.6) is 0 Å². The van der Waals surface area contributed by atoms with Gasteiger partial charge in [0.2, 0.25) is 5.91 Å². The molecule has 8 heteroatoms. The number of hydrogen-bond donors (Lipinski definition) is 3. The van der Waals surface area contributed by atoms with Crippen molar-refractivity contribution in [2.24, 2.45) is 0 Å². The van der Waals surface area contributed by atoms with E-state index >= 15 is 0 Å². The Morgan fingerprint density at radius 1 is 1.03 bits per heavy atom. The number of fused-ring (bicyclic) bond motifs is 1. The second kappa shape index (κ2) is 8.32. The molecule has 1 fully saturated rings. The Morgan fingerprint density at radius 3 is 2.55 bits per heavy atom. The zero-order chi connectivity index (χ0) is 20.2. The molecule has 0 atom stereocenters. The summed E-state index contributed by atoms with van der Waals surface area (Å²) in [6, 6.07) is 14.9. The van der Waals surface area contributed by atoms with Crippen LogP contribution in [0.2, 0.25) is 0 Å². The highest BCUT2D eigenvalue weighted by Crippen LogP contribution is 2.24. The van der Waals surface area contributed by atoms with Crippen LogP contribution in [0.3, 0.4) is 0 Å². The lowest BCUT2D eigenvalue weighted by molar-refractivity contribution is -0.115. The molecule has 0 spiro atoms. The first kappa shape index (κ1) is 18.9. The molecule has 0 radical (unpaired) electrons. The number of likely N-dealkylation sites (N-methyl/N-ethyl adjacent to an activating group) is 1. The third-order valence-electron chi connectivity index (χ3n) is 5.07. The standard InChI is InChI=1S/C21H24N6O2/c1-26-9-11-27(12-10-26)21(29)22-16-7-8-18-17(14-16)20(25-24-18)23-19(28)13-15-5-3-2-4-6-15/h2-8,14H,9-13H2,1H3,(H,22,29)(H2,23,24,25,28). The minimum absolute atomic E-state index is 0.115. The summed E-state index contributed by atoms with van der Waals surface area (Å²) >= 11 is 0. The Balaban J connectivity index is 1.44. The summed E-state index contributed by atoms with van der Waals surface area (Å²) in [7, 11) is 2.05. The number of carbonyl (C=O) groups is 2. The van der Waals surface area contributed by atoms with Gasteiger partial charge in [-0.15, -0.1) is 0 Å². The fraction of sp³-hybridized carbons (Fsp3) is 0.286. The quantitative estimate of drug-likeness (QED) is 0.636. The fourth-order valence-electron chi connectivity index (χ4n) is 3.36. The van der Waals surface area contributed by atoms with Gasteiger partial charge in [-0.1, -0.05) is 30.3 Å². The molecule has 0 aliphatic carbocycles. The Bertz CT molecular complexity index is 1010. The predicted molar refractivity (Wildman–Crippen MR) is 113 cm³/mol. The number of benzene rings is 2. The third kappa shape index (κ3) is 4.55. The number of carbonyl (C=O) groups excluding carboxylic acids is 2. The van der Waals surface area contributed by atoms with Gasteiger partial charge in [-0.05, 0) is 30.8 Å². The predicted octanol–water partition coefficient (Wildman–Crippen LogP) is 2.52. The van der Waals surface area contributed by atoms with Gasteiger partial charge in [0.1, 0.15) is 0 Å². The monoisotopic (exact) mass is 392 g/mol. The van der Waals surface area contributed by atoms with E-state index in [2.05, 4.69) is 32.8 Å². The summed E-state index contributed by atoms with van der Waals surface area (Å²) in [5.74, 6) is 0.313. The number of amides is 3. The molecule has 8 nitrogen and oxygen atoms in total. The van der Waals surface area contributed by atoms with Crippen molar-refractivity contribution in [2.75, 3.05) is 43.9 Å². The van der Waals surface area contributed by atoms with Crippen LogP contribution in [-0.2, 0) is 11.2 Å². The molecule has 1 aliphatic rings. The normalized spacial score (nSPS) is 14.7. The van der Waals surface area contributed by atoms with Gasteiger partial charge in [0, 0.05) is 37.3 Å². The highest BCUT2D eigenvalue weighted by molar-refractivity contribution is 6.02. The second-order valence-electron chi connectivity index (χ2n) is 7.26. The zero-order valence-corrected chi connectivity index (χ0v) is 16.3. The highest BCUT2D eigenvalue weighted by atomic mass is 16.2. The summed E-state index contributed by atoms with van der Waals surface area (Å²) in [6.07, 6.45) is 0.273. The van der Waals surface area contributed by atoms with Crippen LogP contribution in [0, 0.1) is 0 Å². The number of nitrogens with one attached hydrogen (secondary N) is 3. The van der Waals surface area contributed by atoms with Gasteiger partial charge < -0.3 is 20.4 Å². The van der Waals surface area contributed by atoms with Gasteiger partial charge in [-0.2, -0.15) is 5.10 Å². The fourth-order valence-corrected chi connectivity index (χ4v) is 3.36. The van der Waals surface area contributed by atoms with E-state index in [4.69, 9.17) is 0 Å². The molecule has 3 aromatic rings. The van der Waals surface area contributed by atoms with Crippen LogP contribution in [0.15, 0.2) is 48.5 Å². The SMILES string of the molecule is CN1CCN(C(=O)Nc2ccc3[nH]nc(NC(=O)Cc4ccccc4)c3c2)CC1.